The monoisotopic (exact) mass is 382 g/mol. The Morgan fingerprint density at radius 2 is 1.77 bits per heavy atom. The zero-order chi connectivity index (χ0) is 19.2. The summed E-state index contributed by atoms with van der Waals surface area (Å²) in [5.74, 6) is -0.399. The molecular weight excluding hydrogens is 363 g/mol. The lowest BCUT2D eigenvalue weighted by Crippen LogP contribution is -2.36. The van der Waals surface area contributed by atoms with Crippen molar-refractivity contribution in [1.29, 1.82) is 0 Å². The molecule has 9 heteroatoms. The molecule has 1 amide bonds. The van der Waals surface area contributed by atoms with E-state index in [-0.39, 0.29) is 17.2 Å². The van der Waals surface area contributed by atoms with Crippen LogP contribution in [0.25, 0.3) is 0 Å². The molecule has 2 aromatic carbocycles. The first kappa shape index (κ1) is 19.7. The van der Waals surface area contributed by atoms with Crippen LogP contribution in [-0.2, 0) is 21.4 Å². The van der Waals surface area contributed by atoms with Crippen molar-refractivity contribution in [3.05, 3.63) is 53.8 Å². The van der Waals surface area contributed by atoms with E-state index in [9.17, 15) is 17.6 Å². The number of hydrogen-bond donors (Lipinski definition) is 2. The number of halogens is 1. The topological polar surface area (TPSA) is 93.7 Å². The van der Waals surface area contributed by atoms with Crippen LogP contribution in [0.4, 0.5) is 4.39 Å². The first-order valence-electron chi connectivity index (χ1n) is 7.59. The highest BCUT2D eigenvalue weighted by atomic mass is 32.2. The van der Waals surface area contributed by atoms with E-state index in [0.717, 1.165) is 0 Å². The van der Waals surface area contributed by atoms with Gasteiger partial charge in [0.15, 0.2) is 11.5 Å². The van der Waals surface area contributed by atoms with Crippen molar-refractivity contribution < 1.29 is 27.1 Å². The molecule has 2 N–H and O–H groups in total. The van der Waals surface area contributed by atoms with E-state index in [2.05, 4.69) is 10.0 Å². The minimum atomic E-state index is -3.92. The van der Waals surface area contributed by atoms with Crippen molar-refractivity contribution in [3.63, 3.8) is 0 Å². The lowest BCUT2D eigenvalue weighted by molar-refractivity contribution is -0.120. The first-order chi connectivity index (χ1) is 12.4. The summed E-state index contributed by atoms with van der Waals surface area (Å²) >= 11 is 0. The van der Waals surface area contributed by atoms with Gasteiger partial charge in [0.1, 0.15) is 5.82 Å². The minimum Gasteiger partial charge on any atom is -0.493 e. The van der Waals surface area contributed by atoms with Crippen LogP contribution in [0.5, 0.6) is 11.5 Å². The third kappa shape index (κ3) is 4.93. The average molecular weight is 382 g/mol. The van der Waals surface area contributed by atoms with Crippen LogP contribution in [0.15, 0.2) is 47.4 Å². The van der Waals surface area contributed by atoms with Crippen LogP contribution in [0, 0.1) is 5.82 Å². The fourth-order valence-corrected chi connectivity index (χ4v) is 3.12. The zero-order valence-corrected chi connectivity index (χ0v) is 15.1. The number of amides is 1. The minimum absolute atomic E-state index is 0.0381. The van der Waals surface area contributed by atoms with E-state index in [1.165, 1.54) is 50.6 Å². The fourth-order valence-electron chi connectivity index (χ4n) is 2.13. The second-order valence-electron chi connectivity index (χ2n) is 5.21. The zero-order valence-electron chi connectivity index (χ0n) is 14.3. The van der Waals surface area contributed by atoms with Gasteiger partial charge in [0.2, 0.25) is 15.9 Å². The van der Waals surface area contributed by atoms with Crippen molar-refractivity contribution >= 4 is 15.9 Å². The van der Waals surface area contributed by atoms with Crippen LogP contribution >= 0.6 is 0 Å². The molecule has 0 aliphatic heterocycles. The van der Waals surface area contributed by atoms with Crippen molar-refractivity contribution in [1.82, 2.24) is 10.0 Å². The summed E-state index contributed by atoms with van der Waals surface area (Å²) in [6.45, 7) is -0.519. The fraction of sp³-hybridized carbons (Fsp3) is 0.235. The second kappa shape index (κ2) is 8.63. The number of carbonyl (C=O) groups is 1. The van der Waals surface area contributed by atoms with Gasteiger partial charge in [-0.05, 0) is 18.2 Å². The Balaban J connectivity index is 1.97. The summed E-state index contributed by atoms with van der Waals surface area (Å²) in [7, 11) is -1.10. The standard InChI is InChI=1S/C17H19FN2O5S/c1-24-15-8-7-13(9-16(15)25-2)26(22,23)20-11-17(21)19-10-12-5-3-4-6-14(12)18/h3-9,20H,10-11H2,1-2H3,(H,19,21). The molecule has 0 radical (unpaired) electrons. The molecule has 0 atom stereocenters. The summed E-state index contributed by atoms with van der Waals surface area (Å²) < 4.78 is 50.4. The molecule has 140 valence electrons. The highest BCUT2D eigenvalue weighted by molar-refractivity contribution is 7.89. The first-order valence-corrected chi connectivity index (χ1v) is 9.07. The van der Waals surface area contributed by atoms with E-state index < -0.39 is 28.3 Å². The van der Waals surface area contributed by atoms with Gasteiger partial charge in [-0.25, -0.2) is 17.5 Å². The summed E-state index contributed by atoms with van der Waals surface area (Å²) in [5, 5.41) is 2.45. The second-order valence-corrected chi connectivity index (χ2v) is 6.98. The number of methoxy groups -OCH3 is 2. The maximum atomic E-state index is 13.5. The van der Waals surface area contributed by atoms with Crippen LogP contribution < -0.4 is 19.5 Å². The van der Waals surface area contributed by atoms with Crippen LogP contribution in [0.2, 0.25) is 0 Å². The summed E-state index contributed by atoms with van der Waals surface area (Å²) in [6.07, 6.45) is 0. The van der Waals surface area contributed by atoms with E-state index >= 15 is 0 Å². The molecule has 0 saturated heterocycles. The number of sulfonamides is 1. The molecule has 0 fully saturated rings. The van der Waals surface area contributed by atoms with Crippen molar-refractivity contribution in [2.75, 3.05) is 20.8 Å². The number of benzene rings is 2. The number of ether oxygens (including phenoxy) is 2. The molecule has 0 heterocycles. The van der Waals surface area contributed by atoms with Gasteiger partial charge in [-0.1, -0.05) is 18.2 Å². The maximum absolute atomic E-state index is 13.5. The van der Waals surface area contributed by atoms with Gasteiger partial charge in [0.25, 0.3) is 0 Å². The third-order valence-corrected chi connectivity index (χ3v) is 4.92. The molecule has 7 nitrogen and oxygen atoms in total. The predicted molar refractivity (Wildman–Crippen MR) is 93.0 cm³/mol. The molecule has 0 saturated carbocycles. The summed E-state index contributed by atoms with van der Waals surface area (Å²) in [6, 6.07) is 10.1. The van der Waals surface area contributed by atoms with Crippen LogP contribution in [0.3, 0.4) is 0 Å². The Labute approximate surface area is 151 Å². The SMILES string of the molecule is COc1ccc(S(=O)(=O)NCC(=O)NCc2ccccc2F)cc1OC. The van der Waals surface area contributed by atoms with E-state index in [1.807, 2.05) is 0 Å². The third-order valence-electron chi connectivity index (χ3n) is 3.52. The number of nitrogens with one attached hydrogen (secondary N) is 2. The lowest BCUT2D eigenvalue weighted by Gasteiger charge is -2.11. The molecule has 0 spiro atoms. The Morgan fingerprint density at radius 3 is 2.42 bits per heavy atom. The van der Waals surface area contributed by atoms with Crippen LogP contribution in [0.1, 0.15) is 5.56 Å². The van der Waals surface area contributed by atoms with Gasteiger partial charge in [0.05, 0.1) is 25.7 Å². The lowest BCUT2D eigenvalue weighted by atomic mass is 10.2. The Hall–Kier alpha value is -2.65. The quantitative estimate of drug-likeness (QED) is 0.721. The van der Waals surface area contributed by atoms with Gasteiger partial charge < -0.3 is 14.8 Å². The van der Waals surface area contributed by atoms with Crippen molar-refractivity contribution in [2.45, 2.75) is 11.4 Å². The molecule has 26 heavy (non-hydrogen) atoms. The summed E-state index contributed by atoms with van der Waals surface area (Å²) in [5.41, 5.74) is 0.309. The number of rotatable bonds is 8. The Morgan fingerprint density at radius 1 is 1.08 bits per heavy atom. The highest BCUT2D eigenvalue weighted by Crippen LogP contribution is 2.29. The van der Waals surface area contributed by atoms with Crippen molar-refractivity contribution in [2.24, 2.45) is 0 Å². The molecule has 0 aromatic heterocycles. The molecule has 0 unspecified atom stereocenters. The molecule has 2 aromatic rings. The van der Waals surface area contributed by atoms with Gasteiger partial charge in [-0.2, -0.15) is 0 Å². The average Bonchev–Trinajstić information content (AvgIpc) is 2.65. The van der Waals surface area contributed by atoms with Crippen LogP contribution in [-0.4, -0.2) is 35.1 Å². The summed E-state index contributed by atoms with van der Waals surface area (Å²) in [4.78, 5) is 11.8. The molecule has 0 bridgehead atoms. The number of hydrogen-bond acceptors (Lipinski definition) is 5. The molecule has 2 rings (SSSR count). The van der Waals surface area contributed by atoms with Gasteiger partial charge >= 0.3 is 0 Å². The van der Waals surface area contributed by atoms with Gasteiger partial charge in [-0.15, -0.1) is 0 Å². The molecule has 0 aliphatic rings. The Bertz CT molecular complexity index is 886. The van der Waals surface area contributed by atoms with Crippen molar-refractivity contribution in [3.8, 4) is 11.5 Å². The molecular formula is C17H19FN2O5S. The van der Waals surface area contributed by atoms with Gasteiger partial charge in [0, 0.05) is 18.2 Å². The van der Waals surface area contributed by atoms with E-state index in [0.29, 0.717) is 11.3 Å². The van der Waals surface area contributed by atoms with Gasteiger partial charge in [-0.3, -0.25) is 4.79 Å². The molecule has 0 aliphatic carbocycles. The highest BCUT2D eigenvalue weighted by Gasteiger charge is 2.18. The smallest absolute Gasteiger partial charge is 0.241 e. The Kier molecular flexibility index (Phi) is 6.53. The normalized spacial score (nSPS) is 11.0. The van der Waals surface area contributed by atoms with E-state index in [4.69, 9.17) is 9.47 Å². The maximum Gasteiger partial charge on any atom is 0.241 e. The van der Waals surface area contributed by atoms with E-state index in [1.54, 1.807) is 6.07 Å². The number of carbonyl (C=O) groups excluding carboxylic acids is 1. The largest absolute Gasteiger partial charge is 0.493 e. The predicted octanol–water partition coefficient (Wildman–Crippen LogP) is 1.44.